The number of aryl methyl sites for hydroxylation is 1. The van der Waals surface area contributed by atoms with Crippen molar-refractivity contribution < 1.29 is 4.79 Å². The highest BCUT2D eigenvalue weighted by molar-refractivity contribution is 5.63. The molecule has 0 aliphatic carbocycles. The second-order valence-corrected chi connectivity index (χ2v) is 3.23. The molecule has 1 aromatic rings. The molecular weight excluding hydrogens is 162 g/mol. The third kappa shape index (κ3) is 2.08. The van der Waals surface area contributed by atoms with Gasteiger partial charge < -0.3 is 10.1 Å². The molecule has 0 aliphatic rings. The molecule has 0 radical (unpaired) electrons. The van der Waals surface area contributed by atoms with E-state index in [-0.39, 0.29) is 0 Å². The van der Waals surface area contributed by atoms with Gasteiger partial charge in [0.15, 0.2) is 0 Å². The van der Waals surface area contributed by atoms with E-state index in [1.54, 1.807) is 0 Å². The highest BCUT2D eigenvalue weighted by Gasteiger charge is 2.01. The maximum absolute atomic E-state index is 10.2. The van der Waals surface area contributed by atoms with Crippen molar-refractivity contribution >= 4 is 12.0 Å². The fraction of sp³-hybridized carbons (Fsp3) is 0.364. The molecule has 1 aromatic carbocycles. The monoisotopic (exact) mass is 177 g/mol. The van der Waals surface area contributed by atoms with E-state index in [1.165, 1.54) is 16.7 Å². The summed E-state index contributed by atoms with van der Waals surface area (Å²) in [4.78, 5) is 10.2. The zero-order chi connectivity index (χ0) is 9.84. The molecule has 0 atom stereocenters. The molecule has 1 rings (SSSR count). The van der Waals surface area contributed by atoms with E-state index in [2.05, 4.69) is 32.2 Å². The first kappa shape index (κ1) is 9.78. The number of carbonyl (C=O) groups excluding carboxylic acids is 1. The van der Waals surface area contributed by atoms with E-state index < -0.39 is 0 Å². The number of aldehydes is 1. The van der Waals surface area contributed by atoms with Crippen LogP contribution in [0.15, 0.2) is 12.1 Å². The summed E-state index contributed by atoms with van der Waals surface area (Å²) in [5, 5.41) is 3.06. The van der Waals surface area contributed by atoms with Crippen molar-refractivity contribution in [1.82, 2.24) is 0 Å². The van der Waals surface area contributed by atoms with E-state index in [1.807, 2.05) is 6.07 Å². The molecule has 13 heavy (non-hydrogen) atoms. The topological polar surface area (TPSA) is 29.1 Å². The molecule has 0 saturated carbocycles. The van der Waals surface area contributed by atoms with Crippen molar-refractivity contribution in [1.29, 1.82) is 0 Å². The van der Waals surface area contributed by atoms with Gasteiger partial charge in [0, 0.05) is 5.69 Å². The van der Waals surface area contributed by atoms with Gasteiger partial charge >= 0.3 is 0 Å². The molecular formula is C11H15NO. The largest absolute Gasteiger partial charge is 0.378 e. The third-order valence-electron chi connectivity index (χ3n) is 2.43. The smallest absolute Gasteiger partial charge is 0.139 e. The summed E-state index contributed by atoms with van der Waals surface area (Å²) in [5.41, 5.74) is 4.85. The number of carbonyl (C=O) groups is 1. The van der Waals surface area contributed by atoms with Gasteiger partial charge in [-0.05, 0) is 43.5 Å². The normalized spacial score (nSPS) is 9.77. The van der Waals surface area contributed by atoms with Crippen molar-refractivity contribution in [2.24, 2.45) is 0 Å². The Morgan fingerprint density at radius 2 is 1.92 bits per heavy atom. The van der Waals surface area contributed by atoms with Crippen LogP contribution >= 0.6 is 0 Å². The van der Waals surface area contributed by atoms with Crippen LogP contribution in [-0.4, -0.2) is 12.8 Å². The molecule has 0 amide bonds. The summed E-state index contributed by atoms with van der Waals surface area (Å²) in [6, 6.07) is 4.08. The minimum atomic E-state index is 0.378. The third-order valence-corrected chi connectivity index (χ3v) is 2.43. The SMILES string of the molecule is Cc1ccc(NCC=O)c(C)c1C. The Kier molecular flexibility index (Phi) is 3.07. The van der Waals surface area contributed by atoms with Crippen molar-refractivity contribution in [3.05, 3.63) is 28.8 Å². The maximum atomic E-state index is 10.2. The van der Waals surface area contributed by atoms with Crippen LogP contribution in [0.1, 0.15) is 16.7 Å². The molecule has 0 aromatic heterocycles. The van der Waals surface area contributed by atoms with Gasteiger partial charge in [0.05, 0.1) is 6.54 Å². The highest BCUT2D eigenvalue weighted by atomic mass is 16.1. The van der Waals surface area contributed by atoms with E-state index in [4.69, 9.17) is 0 Å². The van der Waals surface area contributed by atoms with E-state index in [9.17, 15) is 4.79 Å². The second kappa shape index (κ2) is 4.08. The molecule has 0 unspecified atom stereocenters. The lowest BCUT2D eigenvalue weighted by Gasteiger charge is -2.11. The Bertz CT molecular complexity index is 318. The van der Waals surface area contributed by atoms with Crippen molar-refractivity contribution in [2.45, 2.75) is 20.8 Å². The molecule has 0 aliphatic heterocycles. The standard InChI is InChI=1S/C11H15NO/c1-8-4-5-11(12-6-7-13)10(3)9(8)2/h4-5,7,12H,6H2,1-3H3. The van der Waals surface area contributed by atoms with Crippen LogP contribution in [0.4, 0.5) is 5.69 Å². The van der Waals surface area contributed by atoms with E-state index >= 15 is 0 Å². The Balaban J connectivity index is 2.96. The van der Waals surface area contributed by atoms with Crippen LogP contribution in [0.5, 0.6) is 0 Å². The van der Waals surface area contributed by atoms with Crippen LogP contribution in [0.3, 0.4) is 0 Å². The molecule has 2 heteroatoms. The number of benzene rings is 1. The van der Waals surface area contributed by atoms with Crippen molar-refractivity contribution in [2.75, 3.05) is 11.9 Å². The van der Waals surface area contributed by atoms with Crippen LogP contribution in [0.2, 0.25) is 0 Å². The average molecular weight is 177 g/mol. The molecule has 1 N–H and O–H groups in total. The molecule has 70 valence electrons. The van der Waals surface area contributed by atoms with Crippen LogP contribution in [0.25, 0.3) is 0 Å². The zero-order valence-electron chi connectivity index (χ0n) is 8.35. The van der Waals surface area contributed by atoms with Gasteiger partial charge in [-0.15, -0.1) is 0 Å². The van der Waals surface area contributed by atoms with Gasteiger partial charge in [-0.25, -0.2) is 0 Å². The number of nitrogens with one attached hydrogen (secondary N) is 1. The predicted molar refractivity (Wildman–Crippen MR) is 55.2 cm³/mol. The van der Waals surface area contributed by atoms with Gasteiger partial charge in [0.2, 0.25) is 0 Å². The van der Waals surface area contributed by atoms with Gasteiger partial charge in [-0.3, -0.25) is 0 Å². The van der Waals surface area contributed by atoms with Gasteiger partial charge in [-0.1, -0.05) is 6.07 Å². The average Bonchev–Trinajstić information content (AvgIpc) is 2.13. The fourth-order valence-electron chi connectivity index (χ4n) is 1.30. The number of hydrogen-bond acceptors (Lipinski definition) is 2. The van der Waals surface area contributed by atoms with Crippen molar-refractivity contribution in [3.8, 4) is 0 Å². The molecule has 2 nitrogen and oxygen atoms in total. The number of hydrogen-bond donors (Lipinski definition) is 1. The summed E-state index contributed by atoms with van der Waals surface area (Å²) < 4.78 is 0. The number of rotatable bonds is 3. The summed E-state index contributed by atoms with van der Waals surface area (Å²) in [5.74, 6) is 0. The van der Waals surface area contributed by atoms with Gasteiger partial charge in [0.1, 0.15) is 6.29 Å². The number of anilines is 1. The highest BCUT2D eigenvalue weighted by Crippen LogP contribution is 2.20. The first-order valence-electron chi connectivity index (χ1n) is 4.41. The summed E-state index contributed by atoms with van der Waals surface area (Å²) in [6.45, 7) is 6.63. The van der Waals surface area contributed by atoms with Gasteiger partial charge in [0.25, 0.3) is 0 Å². The predicted octanol–water partition coefficient (Wildman–Crippen LogP) is 2.22. The lowest BCUT2D eigenvalue weighted by atomic mass is 10.0. The van der Waals surface area contributed by atoms with Gasteiger partial charge in [-0.2, -0.15) is 0 Å². The summed E-state index contributed by atoms with van der Waals surface area (Å²) >= 11 is 0. The van der Waals surface area contributed by atoms with E-state index in [0.717, 1.165) is 12.0 Å². The Labute approximate surface area is 79.0 Å². The minimum Gasteiger partial charge on any atom is -0.378 e. The maximum Gasteiger partial charge on any atom is 0.139 e. The fourth-order valence-corrected chi connectivity index (χ4v) is 1.30. The Hall–Kier alpha value is -1.31. The van der Waals surface area contributed by atoms with Crippen LogP contribution in [-0.2, 0) is 4.79 Å². The zero-order valence-corrected chi connectivity index (χ0v) is 8.35. The first-order valence-corrected chi connectivity index (χ1v) is 4.41. The summed E-state index contributed by atoms with van der Waals surface area (Å²) in [6.07, 6.45) is 0.870. The Morgan fingerprint density at radius 3 is 2.54 bits per heavy atom. The van der Waals surface area contributed by atoms with Crippen molar-refractivity contribution in [3.63, 3.8) is 0 Å². The molecule has 0 saturated heterocycles. The van der Waals surface area contributed by atoms with Crippen LogP contribution in [0, 0.1) is 20.8 Å². The van der Waals surface area contributed by atoms with E-state index in [0.29, 0.717) is 6.54 Å². The molecule has 0 heterocycles. The minimum absolute atomic E-state index is 0.378. The van der Waals surface area contributed by atoms with Crippen LogP contribution < -0.4 is 5.32 Å². The quantitative estimate of drug-likeness (QED) is 0.717. The first-order chi connectivity index (χ1) is 6.16. The lowest BCUT2D eigenvalue weighted by Crippen LogP contribution is -2.04. The molecule has 0 spiro atoms. The Morgan fingerprint density at radius 1 is 1.23 bits per heavy atom. The molecule has 0 bridgehead atoms. The molecule has 0 fully saturated rings. The second-order valence-electron chi connectivity index (χ2n) is 3.23. The summed E-state index contributed by atoms with van der Waals surface area (Å²) in [7, 11) is 0. The lowest BCUT2D eigenvalue weighted by molar-refractivity contribution is -0.106.